The lowest BCUT2D eigenvalue weighted by Crippen LogP contribution is -2.36. The van der Waals surface area contributed by atoms with Crippen LogP contribution in [-0.4, -0.2) is 31.0 Å². The SMILES string of the molecule is CC(C)NC(N)=NCc1ccc(CN(C)C)c(F)c1. The second-order valence-corrected chi connectivity index (χ2v) is 5.16. The van der Waals surface area contributed by atoms with Gasteiger partial charge in [0.1, 0.15) is 5.82 Å². The minimum absolute atomic E-state index is 0.197. The summed E-state index contributed by atoms with van der Waals surface area (Å²) in [5.41, 5.74) is 7.19. The second kappa shape index (κ2) is 7.09. The normalized spacial score (nSPS) is 12.3. The molecule has 4 nitrogen and oxygen atoms in total. The van der Waals surface area contributed by atoms with Gasteiger partial charge in [0.25, 0.3) is 0 Å². The molecular weight excluding hydrogens is 243 g/mol. The summed E-state index contributed by atoms with van der Waals surface area (Å²) in [5.74, 6) is 0.185. The number of hydrogen-bond acceptors (Lipinski definition) is 2. The van der Waals surface area contributed by atoms with Crippen LogP contribution in [0.2, 0.25) is 0 Å². The largest absolute Gasteiger partial charge is 0.370 e. The average molecular weight is 266 g/mol. The Morgan fingerprint density at radius 2 is 2.11 bits per heavy atom. The summed E-state index contributed by atoms with van der Waals surface area (Å²) in [6.45, 7) is 4.94. The molecule has 0 bridgehead atoms. The monoisotopic (exact) mass is 266 g/mol. The molecule has 106 valence electrons. The van der Waals surface area contributed by atoms with Crippen molar-refractivity contribution in [2.75, 3.05) is 14.1 Å². The van der Waals surface area contributed by atoms with E-state index < -0.39 is 0 Å². The molecule has 19 heavy (non-hydrogen) atoms. The summed E-state index contributed by atoms with van der Waals surface area (Å²) in [4.78, 5) is 6.10. The molecule has 0 aromatic heterocycles. The Balaban J connectivity index is 2.68. The molecule has 1 aromatic carbocycles. The quantitative estimate of drug-likeness (QED) is 0.630. The highest BCUT2D eigenvalue weighted by Gasteiger charge is 2.04. The molecule has 0 amide bonds. The molecule has 0 unspecified atom stereocenters. The lowest BCUT2D eigenvalue weighted by atomic mass is 10.1. The van der Waals surface area contributed by atoms with Crippen molar-refractivity contribution in [1.82, 2.24) is 10.2 Å². The summed E-state index contributed by atoms with van der Waals surface area (Å²) < 4.78 is 13.8. The van der Waals surface area contributed by atoms with Gasteiger partial charge in [-0.05, 0) is 39.6 Å². The fraction of sp³-hybridized carbons (Fsp3) is 0.500. The van der Waals surface area contributed by atoms with E-state index in [2.05, 4.69) is 10.3 Å². The predicted molar refractivity (Wildman–Crippen MR) is 77.4 cm³/mol. The smallest absolute Gasteiger partial charge is 0.189 e. The molecular formula is C14H23FN4. The molecule has 0 fully saturated rings. The van der Waals surface area contributed by atoms with E-state index in [-0.39, 0.29) is 11.9 Å². The molecule has 0 saturated carbocycles. The maximum absolute atomic E-state index is 13.8. The average Bonchev–Trinajstić information content (AvgIpc) is 2.28. The Morgan fingerprint density at radius 3 is 2.63 bits per heavy atom. The first-order chi connectivity index (χ1) is 8.88. The van der Waals surface area contributed by atoms with E-state index in [4.69, 9.17) is 5.73 Å². The minimum atomic E-state index is -0.197. The van der Waals surface area contributed by atoms with Crippen molar-refractivity contribution in [2.24, 2.45) is 10.7 Å². The highest BCUT2D eigenvalue weighted by Crippen LogP contribution is 2.12. The zero-order valence-corrected chi connectivity index (χ0v) is 12.1. The number of halogens is 1. The standard InChI is InChI=1S/C14H23FN4/c1-10(2)18-14(16)17-8-11-5-6-12(9-19(3)4)13(15)7-11/h5-7,10H,8-9H2,1-4H3,(H3,16,17,18). The zero-order valence-electron chi connectivity index (χ0n) is 12.1. The number of benzene rings is 1. The first kappa shape index (κ1) is 15.4. The van der Waals surface area contributed by atoms with Crippen LogP contribution in [0.3, 0.4) is 0 Å². The highest BCUT2D eigenvalue weighted by molar-refractivity contribution is 5.78. The van der Waals surface area contributed by atoms with Gasteiger partial charge in [-0.2, -0.15) is 0 Å². The van der Waals surface area contributed by atoms with Crippen molar-refractivity contribution in [3.63, 3.8) is 0 Å². The molecule has 3 N–H and O–H groups in total. The van der Waals surface area contributed by atoms with Crippen LogP contribution in [0.4, 0.5) is 4.39 Å². The Bertz CT molecular complexity index is 441. The van der Waals surface area contributed by atoms with Crippen LogP contribution in [0.15, 0.2) is 23.2 Å². The van der Waals surface area contributed by atoms with E-state index in [0.29, 0.717) is 24.6 Å². The lowest BCUT2D eigenvalue weighted by Gasteiger charge is -2.11. The van der Waals surface area contributed by atoms with Gasteiger partial charge in [-0.1, -0.05) is 12.1 Å². The van der Waals surface area contributed by atoms with E-state index in [1.54, 1.807) is 6.07 Å². The maximum Gasteiger partial charge on any atom is 0.189 e. The zero-order chi connectivity index (χ0) is 14.4. The third-order valence-electron chi connectivity index (χ3n) is 2.47. The van der Waals surface area contributed by atoms with Crippen LogP contribution in [0.1, 0.15) is 25.0 Å². The van der Waals surface area contributed by atoms with Gasteiger partial charge in [-0.3, -0.25) is 0 Å². The maximum atomic E-state index is 13.8. The van der Waals surface area contributed by atoms with Crippen molar-refractivity contribution >= 4 is 5.96 Å². The van der Waals surface area contributed by atoms with E-state index in [1.165, 1.54) is 6.07 Å². The number of nitrogens with two attached hydrogens (primary N) is 1. The molecule has 0 radical (unpaired) electrons. The fourth-order valence-corrected chi connectivity index (χ4v) is 1.68. The van der Waals surface area contributed by atoms with Gasteiger partial charge in [0, 0.05) is 18.2 Å². The van der Waals surface area contributed by atoms with E-state index in [1.807, 2.05) is 38.9 Å². The third-order valence-corrected chi connectivity index (χ3v) is 2.47. The molecule has 0 aliphatic rings. The van der Waals surface area contributed by atoms with Crippen molar-refractivity contribution in [1.29, 1.82) is 0 Å². The van der Waals surface area contributed by atoms with Crippen molar-refractivity contribution < 1.29 is 4.39 Å². The van der Waals surface area contributed by atoms with Crippen molar-refractivity contribution in [2.45, 2.75) is 33.0 Å². The van der Waals surface area contributed by atoms with Gasteiger partial charge in [-0.25, -0.2) is 9.38 Å². The number of nitrogens with one attached hydrogen (secondary N) is 1. The topological polar surface area (TPSA) is 53.6 Å². The molecule has 0 atom stereocenters. The molecule has 0 spiro atoms. The Hall–Kier alpha value is -1.62. The molecule has 0 heterocycles. The lowest BCUT2D eigenvalue weighted by molar-refractivity contribution is 0.392. The molecule has 0 aliphatic heterocycles. The minimum Gasteiger partial charge on any atom is -0.370 e. The Labute approximate surface area is 114 Å². The van der Waals surface area contributed by atoms with Crippen LogP contribution < -0.4 is 11.1 Å². The number of guanidine groups is 1. The predicted octanol–water partition coefficient (Wildman–Crippen LogP) is 1.70. The number of nitrogens with zero attached hydrogens (tertiary/aromatic N) is 2. The number of hydrogen-bond donors (Lipinski definition) is 2. The summed E-state index contributed by atoms with van der Waals surface area (Å²) in [6, 6.07) is 5.44. The van der Waals surface area contributed by atoms with Crippen LogP contribution in [0, 0.1) is 5.82 Å². The van der Waals surface area contributed by atoms with Crippen LogP contribution in [-0.2, 0) is 13.1 Å². The van der Waals surface area contributed by atoms with E-state index in [9.17, 15) is 4.39 Å². The molecule has 0 saturated heterocycles. The summed E-state index contributed by atoms with van der Waals surface area (Å²) in [7, 11) is 3.83. The Morgan fingerprint density at radius 1 is 1.42 bits per heavy atom. The third kappa shape index (κ3) is 5.70. The number of rotatable bonds is 5. The summed E-state index contributed by atoms with van der Waals surface area (Å²) in [5, 5.41) is 2.99. The summed E-state index contributed by atoms with van der Waals surface area (Å²) in [6.07, 6.45) is 0. The first-order valence-electron chi connectivity index (χ1n) is 6.37. The summed E-state index contributed by atoms with van der Waals surface area (Å²) >= 11 is 0. The van der Waals surface area contributed by atoms with Gasteiger partial charge in [0.2, 0.25) is 0 Å². The van der Waals surface area contributed by atoms with Crippen LogP contribution >= 0.6 is 0 Å². The van der Waals surface area contributed by atoms with E-state index >= 15 is 0 Å². The molecule has 0 aliphatic carbocycles. The van der Waals surface area contributed by atoms with Gasteiger partial charge in [-0.15, -0.1) is 0 Å². The van der Waals surface area contributed by atoms with Gasteiger partial charge >= 0.3 is 0 Å². The van der Waals surface area contributed by atoms with Gasteiger partial charge in [0.15, 0.2) is 5.96 Å². The molecule has 1 aromatic rings. The van der Waals surface area contributed by atoms with Crippen LogP contribution in [0.5, 0.6) is 0 Å². The first-order valence-corrected chi connectivity index (χ1v) is 6.37. The molecule has 1 rings (SSSR count). The van der Waals surface area contributed by atoms with Gasteiger partial charge < -0.3 is 16.0 Å². The highest BCUT2D eigenvalue weighted by atomic mass is 19.1. The van der Waals surface area contributed by atoms with Crippen molar-refractivity contribution in [3.8, 4) is 0 Å². The van der Waals surface area contributed by atoms with Gasteiger partial charge in [0.05, 0.1) is 6.54 Å². The molecule has 5 heteroatoms. The van der Waals surface area contributed by atoms with Crippen molar-refractivity contribution in [3.05, 3.63) is 35.1 Å². The van der Waals surface area contributed by atoms with Crippen LogP contribution in [0.25, 0.3) is 0 Å². The van der Waals surface area contributed by atoms with E-state index in [0.717, 1.165) is 5.56 Å². The second-order valence-electron chi connectivity index (χ2n) is 5.16. The Kier molecular flexibility index (Phi) is 5.76. The fourth-order valence-electron chi connectivity index (χ4n) is 1.68. The number of aliphatic imine (C=N–C) groups is 1.